The van der Waals surface area contributed by atoms with Crippen molar-refractivity contribution < 1.29 is 27.3 Å². The van der Waals surface area contributed by atoms with Crippen molar-refractivity contribution in [2.45, 2.75) is 27.7 Å². The van der Waals surface area contributed by atoms with Crippen molar-refractivity contribution >= 4 is 60.5 Å². The summed E-state index contributed by atoms with van der Waals surface area (Å²) in [6, 6.07) is 31.0. The maximum Gasteiger partial charge on any atom is 0.364 e. The van der Waals surface area contributed by atoms with Crippen LogP contribution in [0.15, 0.2) is 91.0 Å². The monoisotopic (exact) mass is 624 g/mol. The first kappa shape index (κ1) is 31.1. The van der Waals surface area contributed by atoms with Crippen LogP contribution in [-0.2, 0) is 46.0 Å². The third-order valence-electron chi connectivity index (χ3n) is 6.04. The van der Waals surface area contributed by atoms with Crippen molar-refractivity contribution in [3.8, 4) is 0 Å². The molecular formula is C28H35O6P3S2. The molecule has 3 aromatic rings. The lowest BCUT2D eigenvalue weighted by Crippen LogP contribution is -2.35. The van der Waals surface area contributed by atoms with Crippen LogP contribution in [0.3, 0.4) is 0 Å². The molecule has 210 valence electrons. The first-order valence-corrected chi connectivity index (χ1v) is 19.4. The average Bonchev–Trinajstić information content (AvgIpc) is 2.93. The minimum Gasteiger partial charge on any atom is -0.780 e. The minimum absolute atomic E-state index is 0.0489. The molecule has 0 atom stereocenters. The van der Waals surface area contributed by atoms with E-state index < -0.39 is 20.9 Å². The maximum atomic E-state index is 10.9. The van der Waals surface area contributed by atoms with Crippen LogP contribution < -0.4 is 20.8 Å². The fourth-order valence-electron chi connectivity index (χ4n) is 3.87. The summed E-state index contributed by atoms with van der Waals surface area (Å²) in [5, 5.41) is 3.29. The highest BCUT2D eigenvalue weighted by Crippen LogP contribution is 2.71. The molecule has 0 aliphatic carbocycles. The second-order valence-electron chi connectivity index (χ2n) is 11.0. The van der Waals surface area contributed by atoms with E-state index in [-0.39, 0.29) is 10.8 Å². The highest BCUT2D eigenvalue weighted by atomic mass is 32.5. The zero-order valence-corrected chi connectivity index (χ0v) is 26.9. The van der Waals surface area contributed by atoms with Crippen LogP contribution in [0.5, 0.6) is 0 Å². The van der Waals surface area contributed by atoms with E-state index in [1.165, 1.54) is 0 Å². The second kappa shape index (κ2) is 12.6. The summed E-state index contributed by atoms with van der Waals surface area (Å²) in [5.74, 6) is 0. The average molecular weight is 625 g/mol. The highest BCUT2D eigenvalue weighted by molar-refractivity contribution is 8.11. The second-order valence-corrected chi connectivity index (χ2v) is 19.9. The van der Waals surface area contributed by atoms with Crippen molar-refractivity contribution in [3.05, 3.63) is 91.0 Å². The van der Waals surface area contributed by atoms with Crippen LogP contribution in [-0.4, -0.2) is 26.4 Å². The molecule has 0 amide bonds. The molecule has 5 rings (SSSR count). The van der Waals surface area contributed by atoms with Crippen LogP contribution in [0, 0.1) is 10.8 Å². The van der Waals surface area contributed by atoms with Gasteiger partial charge in [0.2, 0.25) is 0 Å². The van der Waals surface area contributed by atoms with Gasteiger partial charge >= 0.3 is 6.72 Å². The SMILES string of the molecule is CC1(C)COP(=S)(O[P+](c2ccccc2)(c2ccccc2)c2ccccc2)OC1.CC1(C)COP([O-])(=S)OC1. The van der Waals surface area contributed by atoms with E-state index in [2.05, 4.69) is 62.1 Å². The lowest BCUT2D eigenvalue weighted by atomic mass is 9.97. The van der Waals surface area contributed by atoms with Gasteiger partial charge in [-0.2, -0.15) is 0 Å². The Balaban J connectivity index is 0.000000298. The first-order valence-electron chi connectivity index (χ1n) is 12.6. The van der Waals surface area contributed by atoms with Gasteiger partial charge in [-0.3, -0.25) is 0 Å². The number of hydrogen-bond donors (Lipinski definition) is 0. The third kappa shape index (κ3) is 8.13. The topological polar surface area (TPSA) is 69.2 Å². The van der Waals surface area contributed by atoms with Gasteiger partial charge in [0.15, 0.2) is 0 Å². The smallest absolute Gasteiger partial charge is 0.364 e. The van der Waals surface area contributed by atoms with Crippen LogP contribution >= 0.6 is 20.9 Å². The Hall–Kier alpha value is -0.850. The summed E-state index contributed by atoms with van der Waals surface area (Å²) in [5.41, 5.74) is -0.119. The Kier molecular flexibility index (Phi) is 10.0. The van der Waals surface area contributed by atoms with E-state index in [0.29, 0.717) is 26.4 Å². The van der Waals surface area contributed by atoms with Gasteiger partial charge in [-0.15, -0.1) is 4.31 Å². The van der Waals surface area contributed by atoms with Gasteiger partial charge in [0.05, 0.1) is 26.4 Å². The standard InChI is InChI=1S/C23H25O3P2S.C5H11O3PS/c1-23(2)18-24-28(29,25-19-23)26-27(20-12-6-3-7-13-20,21-14-8-4-9-15-21)22-16-10-5-11-17-22;1-5(2)3-7-9(6,10)8-4-5/h3-17H,18-19H2,1-2H3;3-4H2,1-2H3,(H,6,10)/q+1;/p-1. The molecule has 0 bridgehead atoms. The molecule has 0 saturated carbocycles. The number of rotatable bonds is 5. The molecule has 0 N–H and O–H groups in total. The Morgan fingerprint density at radius 2 is 0.923 bits per heavy atom. The van der Waals surface area contributed by atoms with Crippen molar-refractivity contribution in [2.24, 2.45) is 10.8 Å². The Bertz CT molecular complexity index is 1200. The summed E-state index contributed by atoms with van der Waals surface area (Å²) >= 11 is 10.4. The molecule has 0 unspecified atom stereocenters. The molecule has 0 spiro atoms. The van der Waals surface area contributed by atoms with E-state index in [1.807, 2.05) is 68.4 Å². The van der Waals surface area contributed by atoms with E-state index in [9.17, 15) is 4.89 Å². The summed E-state index contributed by atoms with van der Waals surface area (Å²) in [7, 11) is -2.53. The Labute approximate surface area is 242 Å². The number of hydrogen-bond acceptors (Lipinski definition) is 8. The van der Waals surface area contributed by atoms with Crippen molar-refractivity contribution in [1.29, 1.82) is 0 Å². The lowest BCUT2D eigenvalue weighted by molar-refractivity contribution is -0.220. The van der Waals surface area contributed by atoms with Gasteiger partial charge in [0.25, 0.3) is 7.49 Å². The lowest BCUT2D eigenvalue weighted by Gasteiger charge is -2.39. The number of benzene rings is 3. The normalized spacial score (nSPS) is 21.3. The van der Waals surface area contributed by atoms with Gasteiger partial charge < -0.3 is 23.0 Å². The molecule has 39 heavy (non-hydrogen) atoms. The van der Waals surface area contributed by atoms with Crippen LogP contribution in [0.4, 0.5) is 0 Å². The first-order chi connectivity index (χ1) is 18.4. The van der Waals surface area contributed by atoms with Gasteiger partial charge in [0, 0.05) is 10.8 Å². The summed E-state index contributed by atoms with van der Waals surface area (Å²) in [6.45, 7) is 4.07. The molecule has 2 heterocycles. The molecule has 2 aliphatic rings. The van der Waals surface area contributed by atoms with Crippen molar-refractivity contribution in [1.82, 2.24) is 0 Å². The molecule has 3 aromatic carbocycles. The fraction of sp³-hybridized carbons (Fsp3) is 0.357. The molecule has 2 saturated heterocycles. The van der Waals surface area contributed by atoms with Crippen molar-refractivity contribution in [3.63, 3.8) is 0 Å². The van der Waals surface area contributed by atoms with Gasteiger partial charge in [-0.1, -0.05) is 94.1 Å². The van der Waals surface area contributed by atoms with Gasteiger partial charge in [-0.05, 0) is 48.2 Å². The third-order valence-corrected chi connectivity index (χ3v) is 14.5. The molecule has 2 fully saturated rings. The molecule has 2 aliphatic heterocycles. The molecule has 0 radical (unpaired) electrons. The van der Waals surface area contributed by atoms with Crippen molar-refractivity contribution in [2.75, 3.05) is 26.4 Å². The van der Waals surface area contributed by atoms with E-state index >= 15 is 0 Å². The summed E-state index contributed by atoms with van der Waals surface area (Å²) < 4.78 is 28.8. The minimum atomic E-state index is -3.08. The van der Waals surface area contributed by atoms with Crippen LogP contribution in [0.2, 0.25) is 0 Å². The van der Waals surface area contributed by atoms with E-state index in [1.54, 1.807) is 0 Å². The molecule has 6 nitrogen and oxygen atoms in total. The molecular weight excluding hydrogens is 589 g/mol. The zero-order valence-electron chi connectivity index (χ0n) is 22.6. The van der Waals surface area contributed by atoms with E-state index in [4.69, 9.17) is 34.2 Å². The molecule has 0 aromatic heterocycles. The maximum absolute atomic E-state index is 10.9. The predicted octanol–water partition coefficient (Wildman–Crippen LogP) is 5.85. The fourth-order valence-corrected chi connectivity index (χ4v) is 13.0. The quantitative estimate of drug-likeness (QED) is 0.328. The van der Waals surface area contributed by atoms with Crippen LogP contribution in [0.25, 0.3) is 0 Å². The summed E-state index contributed by atoms with van der Waals surface area (Å²) in [6.07, 6.45) is 0. The Morgan fingerprint density at radius 3 is 1.23 bits per heavy atom. The molecule has 11 heteroatoms. The van der Waals surface area contributed by atoms with E-state index in [0.717, 1.165) is 15.9 Å². The predicted molar refractivity (Wildman–Crippen MR) is 166 cm³/mol. The highest BCUT2D eigenvalue weighted by Gasteiger charge is 2.54. The Morgan fingerprint density at radius 1 is 0.615 bits per heavy atom. The van der Waals surface area contributed by atoms with Gasteiger partial charge in [-0.25, -0.2) is 0 Å². The summed E-state index contributed by atoms with van der Waals surface area (Å²) in [4.78, 5) is 10.9. The van der Waals surface area contributed by atoms with Crippen LogP contribution in [0.1, 0.15) is 27.7 Å². The zero-order chi connectivity index (χ0) is 28.2. The largest absolute Gasteiger partial charge is 0.780 e. The van der Waals surface area contributed by atoms with Gasteiger partial charge in [0.1, 0.15) is 22.6 Å².